The lowest BCUT2D eigenvalue weighted by molar-refractivity contribution is -0.127. The molecule has 2 amide bonds. The van der Waals surface area contributed by atoms with Crippen molar-refractivity contribution in [3.8, 4) is 0 Å². The van der Waals surface area contributed by atoms with Crippen molar-refractivity contribution in [3.05, 3.63) is 35.4 Å². The summed E-state index contributed by atoms with van der Waals surface area (Å²) in [7, 11) is 0. The van der Waals surface area contributed by atoms with Gasteiger partial charge in [-0.3, -0.25) is 14.5 Å². The van der Waals surface area contributed by atoms with Crippen molar-refractivity contribution in [3.63, 3.8) is 0 Å². The van der Waals surface area contributed by atoms with E-state index in [1.54, 1.807) is 0 Å². The summed E-state index contributed by atoms with van der Waals surface area (Å²) in [4.78, 5) is 26.6. The molecule has 0 aromatic heterocycles. The number of amides is 2. The van der Waals surface area contributed by atoms with E-state index in [0.717, 1.165) is 38.4 Å². The summed E-state index contributed by atoms with van der Waals surface area (Å²) in [6, 6.07) is 8.09. The molecule has 25 heavy (non-hydrogen) atoms. The molecule has 136 valence electrons. The topological polar surface area (TPSA) is 70.7 Å². The van der Waals surface area contributed by atoms with Gasteiger partial charge in [0.15, 0.2) is 0 Å². The molecule has 2 N–H and O–H groups in total. The van der Waals surface area contributed by atoms with E-state index in [0.29, 0.717) is 19.5 Å². The van der Waals surface area contributed by atoms with Gasteiger partial charge in [0.2, 0.25) is 11.8 Å². The van der Waals surface area contributed by atoms with Crippen LogP contribution in [0, 0.1) is 18.8 Å². The average Bonchev–Trinajstić information content (AvgIpc) is 3.43. The zero-order chi connectivity index (χ0) is 17.6. The summed E-state index contributed by atoms with van der Waals surface area (Å²) in [5, 5.41) is 5.89. The van der Waals surface area contributed by atoms with E-state index in [4.69, 9.17) is 4.74 Å². The monoisotopic (exact) mass is 345 g/mol. The molecule has 3 rings (SSSR count). The van der Waals surface area contributed by atoms with Gasteiger partial charge < -0.3 is 15.4 Å². The smallest absolute Gasteiger partial charge is 0.224 e. The van der Waals surface area contributed by atoms with Crippen LogP contribution in [0.25, 0.3) is 0 Å². The number of carbonyl (C=O) groups is 2. The van der Waals surface area contributed by atoms with Crippen molar-refractivity contribution in [2.75, 3.05) is 39.4 Å². The fourth-order valence-electron chi connectivity index (χ4n) is 3.09. The number of ether oxygens (including phenoxy) is 1. The molecule has 0 bridgehead atoms. The van der Waals surface area contributed by atoms with Crippen LogP contribution in [-0.4, -0.2) is 56.1 Å². The van der Waals surface area contributed by atoms with E-state index in [1.165, 1.54) is 5.56 Å². The maximum absolute atomic E-state index is 12.2. The van der Waals surface area contributed by atoms with E-state index >= 15 is 0 Å². The minimum Gasteiger partial charge on any atom is -0.379 e. The maximum Gasteiger partial charge on any atom is 0.224 e. The molecule has 1 saturated heterocycles. The van der Waals surface area contributed by atoms with Gasteiger partial charge in [0.05, 0.1) is 25.0 Å². The number of nitrogens with zero attached hydrogens (tertiary/aromatic N) is 1. The number of rotatable bonds is 7. The Morgan fingerprint density at radius 2 is 1.72 bits per heavy atom. The van der Waals surface area contributed by atoms with Gasteiger partial charge in [0.1, 0.15) is 0 Å². The third-order valence-corrected chi connectivity index (χ3v) is 4.88. The standard InChI is InChI=1S/C19H27N3O3/c1-14-2-4-15(5-3-14)13-21-19(24)17-12-16(17)18(23)20-6-7-22-8-10-25-11-9-22/h2-5,16-17H,6-13H2,1H3,(H,20,23)(H,21,24). The number of carbonyl (C=O) groups excluding carboxylic acids is 2. The average molecular weight is 345 g/mol. The molecular weight excluding hydrogens is 318 g/mol. The first-order valence-corrected chi connectivity index (χ1v) is 9.04. The quantitative estimate of drug-likeness (QED) is 0.763. The van der Waals surface area contributed by atoms with E-state index < -0.39 is 0 Å². The fraction of sp³-hybridized carbons (Fsp3) is 0.579. The molecule has 2 fully saturated rings. The SMILES string of the molecule is Cc1ccc(CNC(=O)C2CC2C(=O)NCCN2CCOCC2)cc1. The Morgan fingerprint density at radius 1 is 1.08 bits per heavy atom. The van der Waals surface area contributed by atoms with Crippen LogP contribution in [0.1, 0.15) is 17.5 Å². The highest BCUT2D eigenvalue weighted by Crippen LogP contribution is 2.38. The lowest BCUT2D eigenvalue weighted by atomic mass is 10.1. The minimum atomic E-state index is -0.172. The molecule has 0 spiro atoms. The van der Waals surface area contributed by atoms with E-state index in [9.17, 15) is 9.59 Å². The Labute approximate surface area is 148 Å². The molecule has 1 heterocycles. The van der Waals surface area contributed by atoms with Crippen LogP contribution >= 0.6 is 0 Å². The van der Waals surface area contributed by atoms with Crippen LogP contribution in [0.4, 0.5) is 0 Å². The van der Waals surface area contributed by atoms with Crippen molar-refractivity contribution in [2.45, 2.75) is 19.9 Å². The number of hydrogen-bond donors (Lipinski definition) is 2. The summed E-state index contributed by atoms with van der Waals surface area (Å²) < 4.78 is 5.30. The summed E-state index contributed by atoms with van der Waals surface area (Å²) in [6.07, 6.45) is 0.656. The first-order chi connectivity index (χ1) is 12.1. The van der Waals surface area contributed by atoms with Gasteiger partial charge in [-0.2, -0.15) is 0 Å². The highest BCUT2D eigenvalue weighted by molar-refractivity contribution is 5.92. The molecule has 6 heteroatoms. The lowest BCUT2D eigenvalue weighted by Crippen LogP contribution is -2.41. The molecule has 1 saturated carbocycles. The highest BCUT2D eigenvalue weighted by atomic mass is 16.5. The van der Waals surface area contributed by atoms with Gasteiger partial charge in [0.25, 0.3) is 0 Å². The van der Waals surface area contributed by atoms with Gasteiger partial charge >= 0.3 is 0 Å². The zero-order valence-corrected chi connectivity index (χ0v) is 14.8. The van der Waals surface area contributed by atoms with Crippen molar-refractivity contribution < 1.29 is 14.3 Å². The molecule has 6 nitrogen and oxygen atoms in total. The normalized spacial score (nSPS) is 23.1. The van der Waals surface area contributed by atoms with Crippen LogP contribution in [0.3, 0.4) is 0 Å². The van der Waals surface area contributed by atoms with E-state index in [1.807, 2.05) is 31.2 Å². The highest BCUT2D eigenvalue weighted by Gasteiger charge is 2.47. The molecule has 1 aliphatic heterocycles. The summed E-state index contributed by atoms with van der Waals surface area (Å²) in [5.41, 5.74) is 2.28. The third kappa shape index (κ3) is 5.28. The molecule has 2 aliphatic rings. The van der Waals surface area contributed by atoms with Gasteiger partial charge in [0, 0.05) is 32.7 Å². The molecule has 0 radical (unpaired) electrons. The van der Waals surface area contributed by atoms with E-state index in [2.05, 4.69) is 15.5 Å². The van der Waals surface area contributed by atoms with Crippen molar-refractivity contribution in [2.24, 2.45) is 11.8 Å². The van der Waals surface area contributed by atoms with Crippen LogP contribution in [0.2, 0.25) is 0 Å². The maximum atomic E-state index is 12.2. The number of hydrogen-bond acceptors (Lipinski definition) is 4. The molecular formula is C19H27N3O3. The summed E-state index contributed by atoms with van der Waals surface area (Å²) >= 11 is 0. The van der Waals surface area contributed by atoms with E-state index in [-0.39, 0.29) is 23.7 Å². The van der Waals surface area contributed by atoms with Crippen LogP contribution in [0.15, 0.2) is 24.3 Å². The van der Waals surface area contributed by atoms with Gasteiger partial charge in [-0.25, -0.2) is 0 Å². The second-order valence-electron chi connectivity index (χ2n) is 6.90. The Hall–Kier alpha value is -1.92. The lowest BCUT2D eigenvalue weighted by Gasteiger charge is -2.26. The number of morpholine rings is 1. The molecule has 1 aliphatic carbocycles. The second kappa shape index (κ2) is 8.45. The second-order valence-corrected chi connectivity index (χ2v) is 6.90. The molecule has 1 aromatic rings. The van der Waals surface area contributed by atoms with Crippen LogP contribution < -0.4 is 10.6 Å². The number of aryl methyl sites for hydroxylation is 1. The minimum absolute atomic E-state index is 0.00347. The molecule has 2 unspecified atom stereocenters. The third-order valence-electron chi connectivity index (χ3n) is 4.88. The van der Waals surface area contributed by atoms with Crippen LogP contribution in [0.5, 0.6) is 0 Å². The van der Waals surface area contributed by atoms with Gasteiger partial charge in [-0.15, -0.1) is 0 Å². The zero-order valence-electron chi connectivity index (χ0n) is 14.8. The predicted molar refractivity (Wildman–Crippen MR) is 94.9 cm³/mol. The molecule has 1 aromatic carbocycles. The predicted octanol–water partition coefficient (Wildman–Crippen LogP) is 0.696. The molecule has 2 atom stereocenters. The largest absolute Gasteiger partial charge is 0.379 e. The number of benzene rings is 1. The summed E-state index contributed by atoms with van der Waals surface area (Å²) in [6.45, 7) is 7.39. The summed E-state index contributed by atoms with van der Waals surface area (Å²) in [5.74, 6) is -0.353. The Morgan fingerprint density at radius 3 is 2.40 bits per heavy atom. The van der Waals surface area contributed by atoms with Gasteiger partial charge in [-0.05, 0) is 18.9 Å². The van der Waals surface area contributed by atoms with Crippen molar-refractivity contribution in [1.29, 1.82) is 0 Å². The number of nitrogens with one attached hydrogen (secondary N) is 2. The van der Waals surface area contributed by atoms with Gasteiger partial charge in [-0.1, -0.05) is 29.8 Å². The first-order valence-electron chi connectivity index (χ1n) is 9.04. The fourth-order valence-corrected chi connectivity index (χ4v) is 3.09. The van der Waals surface area contributed by atoms with Crippen LogP contribution in [-0.2, 0) is 20.9 Å². The Kier molecular flexibility index (Phi) is 6.04. The van der Waals surface area contributed by atoms with Crippen molar-refractivity contribution >= 4 is 11.8 Å². The Bertz CT molecular complexity index is 596. The Balaban J connectivity index is 1.32. The first kappa shape index (κ1) is 17.9. The van der Waals surface area contributed by atoms with Crippen molar-refractivity contribution in [1.82, 2.24) is 15.5 Å².